The summed E-state index contributed by atoms with van der Waals surface area (Å²) in [6.07, 6.45) is 14.6. The standard InChI is InChI=1S/C90H147N27/c1-85(79-112(55-16-49-103(37-4-25-91)38-5-26-92)56-17-50-104(39-6-27-93)40-7-28-94)22-61-109-64-70-115(71-65-109)82-88-76-89(83-116-72-66-110(67-73-116)62-23-86(2)80-113(57-18-51-105(41-8-29-95)42-9-30-96)58-19-52-106(43-10-31-97)44-11-32-98)78-90(77-88)84-117-74-68-111(69-75-117)63-24-87(3)81-114(59-20-53-107(45-12-33-99)46-13-34-100)60-21-54-108(47-14-35-101)48-15-36-102/h76-78,85-87H,4-24,37-75,79-84H2,1-3H3. The molecule has 0 N–H and O–H groups in total. The van der Waals surface area contributed by atoms with Crippen LogP contribution in [0.4, 0.5) is 0 Å². The normalized spacial score (nSPS) is 15.5. The van der Waals surface area contributed by atoms with Crippen molar-refractivity contribution < 1.29 is 0 Å². The van der Waals surface area contributed by atoms with E-state index in [9.17, 15) is 63.1 Å². The van der Waals surface area contributed by atoms with E-state index < -0.39 is 0 Å². The summed E-state index contributed by atoms with van der Waals surface area (Å²) >= 11 is 0. The summed E-state index contributed by atoms with van der Waals surface area (Å²) in [7, 11) is 0. The minimum absolute atomic E-state index is 0.455. The molecule has 0 bridgehead atoms. The zero-order chi connectivity index (χ0) is 84.4. The molecule has 0 saturated carbocycles. The largest absolute Gasteiger partial charge is 0.303 e. The van der Waals surface area contributed by atoms with Crippen molar-refractivity contribution in [2.75, 3.05) is 275 Å². The van der Waals surface area contributed by atoms with Crippen LogP contribution in [-0.4, -0.2) is 348 Å². The molecule has 3 saturated heterocycles. The Bertz CT molecular complexity index is 2700. The summed E-state index contributed by atoms with van der Waals surface area (Å²) < 4.78 is 0. The Balaban J connectivity index is 1.44. The first-order valence-corrected chi connectivity index (χ1v) is 44.6. The molecular formula is C90H147N27. The Morgan fingerprint density at radius 3 is 0.521 bits per heavy atom. The topological polar surface area (TPSA) is 334 Å². The van der Waals surface area contributed by atoms with Crippen molar-refractivity contribution >= 4 is 0 Å². The van der Waals surface area contributed by atoms with Gasteiger partial charge < -0.3 is 58.8 Å². The zero-order valence-corrected chi connectivity index (χ0v) is 72.7. The first kappa shape index (κ1) is 102. The Labute approximate surface area is 708 Å². The monoisotopic (exact) mass is 1610 g/mol. The summed E-state index contributed by atoms with van der Waals surface area (Å²) in [5.41, 5.74) is 4.21. The van der Waals surface area contributed by atoms with Gasteiger partial charge in [-0.25, -0.2) is 0 Å². The summed E-state index contributed by atoms with van der Waals surface area (Å²) in [5.74, 6) is 1.48. The second-order valence-corrected chi connectivity index (χ2v) is 33.2. The van der Waals surface area contributed by atoms with Crippen molar-refractivity contribution in [2.45, 2.75) is 175 Å². The van der Waals surface area contributed by atoms with Gasteiger partial charge in [-0.05, 0) is 190 Å². The predicted molar refractivity (Wildman–Crippen MR) is 461 cm³/mol. The summed E-state index contributed by atoms with van der Waals surface area (Å²) in [5, 5.41) is 112. The molecule has 3 atom stereocenters. The van der Waals surface area contributed by atoms with Crippen LogP contribution in [0.15, 0.2) is 18.2 Å². The van der Waals surface area contributed by atoms with Crippen LogP contribution in [-0.2, 0) is 19.6 Å². The van der Waals surface area contributed by atoms with E-state index in [1.165, 1.54) is 16.7 Å². The molecule has 3 heterocycles. The Hall–Kier alpha value is -7.50. The molecule has 642 valence electrons. The van der Waals surface area contributed by atoms with Gasteiger partial charge in [0.15, 0.2) is 0 Å². The molecular weight excluding hydrogens is 1460 g/mol. The van der Waals surface area contributed by atoms with E-state index in [4.69, 9.17) is 0 Å². The van der Waals surface area contributed by atoms with Gasteiger partial charge in [-0.1, -0.05) is 39.0 Å². The van der Waals surface area contributed by atoms with Crippen molar-refractivity contribution in [2.24, 2.45) is 17.8 Å². The fourth-order valence-electron chi connectivity index (χ4n) is 16.7. The molecule has 4 rings (SSSR count). The molecule has 3 aliphatic heterocycles. The van der Waals surface area contributed by atoms with Gasteiger partial charge in [-0.3, -0.25) is 14.7 Å². The highest BCUT2D eigenvalue weighted by Crippen LogP contribution is 2.22. The van der Waals surface area contributed by atoms with Crippen molar-refractivity contribution in [3.05, 3.63) is 34.9 Å². The van der Waals surface area contributed by atoms with Crippen LogP contribution in [0.3, 0.4) is 0 Å². The Morgan fingerprint density at radius 1 is 0.222 bits per heavy atom. The highest BCUT2D eigenvalue weighted by atomic mass is 15.3. The number of hydrogen-bond donors (Lipinski definition) is 0. The SMILES string of the molecule is CC(CCN1CCN(Cc2cc(CN3CCN(CCC(C)CN(CCCN(CCC#N)CCC#N)CCCN(CCC#N)CCC#N)CC3)cc(CN3CCN(CCC(C)CN(CCCN(CCC#N)CCC#N)CCCN(CCC#N)CCC#N)CC3)c2)CC1)CN(CCCN(CCC#N)CCC#N)CCCN(CCC#N)CCC#N. The molecule has 3 unspecified atom stereocenters. The highest BCUT2D eigenvalue weighted by Gasteiger charge is 2.26. The summed E-state index contributed by atoms with van der Waals surface area (Å²) in [4.78, 5) is 37.3. The number of nitriles is 12. The zero-order valence-electron chi connectivity index (χ0n) is 72.7. The second kappa shape index (κ2) is 67.3. The van der Waals surface area contributed by atoms with E-state index in [0.29, 0.717) is 173 Å². The minimum Gasteiger partial charge on any atom is -0.303 e. The fourth-order valence-corrected chi connectivity index (χ4v) is 16.7. The van der Waals surface area contributed by atoms with Gasteiger partial charge in [0.05, 0.1) is 72.8 Å². The van der Waals surface area contributed by atoms with Crippen LogP contribution in [0.5, 0.6) is 0 Å². The number of piperazine rings is 3. The maximum Gasteiger partial charge on any atom is 0.0635 e. The Kier molecular flexibility index (Phi) is 58.6. The molecule has 0 aromatic heterocycles. The number of benzene rings is 1. The van der Waals surface area contributed by atoms with E-state index >= 15 is 0 Å². The Morgan fingerprint density at radius 2 is 0.368 bits per heavy atom. The van der Waals surface area contributed by atoms with Crippen LogP contribution in [0.2, 0.25) is 0 Å². The second-order valence-electron chi connectivity index (χ2n) is 33.2. The van der Waals surface area contributed by atoms with E-state index in [0.717, 1.165) is 274 Å². The summed E-state index contributed by atoms with van der Waals surface area (Å²) in [6, 6.07) is 34.9. The van der Waals surface area contributed by atoms with E-state index in [-0.39, 0.29) is 0 Å². The van der Waals surface area contributed by atoms with Crippen LogP contribution in [0.25, 0.3) is 0 Å². The molecule has 1 aromatic rings. The lowest BCUT2D eigenvalue weighted by Crippen LogP contribution is -2.47. The van der Waals surface area contributed by atoms with Crippen LogP contribution >= 0.6 is 0 Å². The third-order valence-corrected chi connectivity index (χ3v) is 23.4. The van der Waals surface area contributed by atoms with Crippen molar-refractivity contribution in [1.29, 1.82) is 63.1 Å². The fraction of sp³-hybridized carbons (Fsp3) is 0.800. The minimum atomic E-state index is 0.455. The lowest BCUT2D eigenvalue weighted by Gasteiger charge is -2.37. The van der Waals surface area contributed by atoms with Gasteiger partial charge >= 0.3 is 0 Å². The van der Waals surface area contributed by atoms with Gasteiger partial charge in [-0.2, -0.15) is 63.1 Å². The van der Waals surface area contributed by atoms with Gasteiger partial charge in [0.2, 0.25) is 0 Å². The molecule has 3 fully saturated rings. The van der Waals surface area contributed by atoms with Crippen LogP contribution in [0.1, 0.15) is 172 Å². The number of rotatable bonds is 69. The van der Waals surface area contributed by atoms with Crippen LogP contribution < -0.4 is 0 Å². The van der Waals surface area contributed by atoms with Gasteiger partial charge in [0.25, 0.3) is 0 Å². The molecule has 0 radical (unpaired) electrons. The smallest absolute Gasteiger partial charge is 0.0635 e. The van der Waals surface area contributed by atoms with Crippen molar-refractivity contribution in [1.82, 2.24) is 73.5 Å². The third kappa shape index (κ3) is 49.6. The van der Waals surface area contributed by atoms with E-state index in [1.54, 1.807) is 0 Å². The van der Waals surface area contributed by atoms with Crippen molar-refractivity contribution in [3.8, 4) is 72.8 Å². The summed E-state index contributed by atoms with van der Waals surface area (Å²) in [6.45, 7) is 47.5. The molecule has 27 nitrogen and oxygen atoms in total. The quantitative estimate of drug-likeness (QED) is 0.0586. The highest BCUT2D eigenvalue weighted by molar-refractivity contribution is 5.31. The molecule has 1 aromatic carbocycles. The number of hydrogen-bond acceptors (Lipinski definition) is 27. The lowest BCUT2D eigenvalue weighted by atomic mass is 10.0. The van der Waals surface area contributed by atoms with Gasteiger partial charge in [0.1, 0.15) is 0 Å². The number of nitrogens with zero attached hydrogens (tertiary/aromatic N) is 27. The molecule has 0 aliphatic carbocycles. The first-order chi connectivity index (χ1) is 57.2. The lowest BCUT2D eigenvalue weighted by molar-refractivity contribution is 0.115. The van der Waals surface area contributed by atoms with Crippen molar-refractivity contribution in [3.63, 3.8) is 0 Å². The molecule has 3 aliphatic rings. The molecule has 27 heteroatoms. The third-order valence-electron chi connectivity index (χ3n) is 23.4. The van der Waals surface area contributed by atoms with E-state index in [2.05, 4.69) is 185 Å². The predicted octanol–water partition coefficient (Wildman–Crippen LogP) is 9.14. The maximum absolute atomic E-state index is 9.33. The van der Waals surface area contributed by atoms with Gasteiger partial charge in [0, 0.05) is 273 Å². The maximum atomic E-state index is 9.33. The van der Waals surface area contributed by atoms with Gasteiger partial charge in [-0.15, -0.1) is 0 Å². The average molecular weight is 1610 g/mol. The molecule has 117 heavy (non-hydrogen) atoms. The molecule has 0 amide bonds. The van der Waals surface area contributed by atoms with Crippen LogP contribution in [0, 0.1) is 154 Å². The molecule has 0 spiro atoms. The average Bonchev–Trinajstić information content (AvgIpc) is 0.832. The first-order valence-electron chi connectivity index (χ1n) is 44.6. The van der Waals surface area contributed by atoms with E-state index in [1.807, 2.05) is 0 Å².